The number of hydrogen-bond donors (Lipinski definition) is 0. The van der Waals surface area contributed by atoms with E-state index in [1.165, 1.54) is 154 Å². The Morgan fingerprint density at radius 3 is 1.29 bits per heavy atom. The summed E-state index contributed by atoms with van der Waals surface area (Å²) in [4.78, 5) is 37.6. The second-order valence-electron chi connectivity index (χ2n) is 17.8. The number of phosphoric ester groups is 1. The summed E-state index contributed by atoms with van der Waals surface area (Å²) in [5, 5.41) is 0. The highest BCUT2D eigenvalue weighted by molar-refractivity contribution is 7.45. The summed E-state index contributed by atoms with van der Waals surface area (Å²) in [5.41, 5.74) is 0. The van der Waals surface area contributed by atoms with Crippen molar-refractivity contribution in [3.05, 3.63) is 12.2 Å². The van der Waals surface area contributed by atoms with Crippen LogP contribution >= 0.6 is 7.82 Å². The van der Waals surface area contributed by atoms with Gasteiger partial charge >= 0.3 is 11.9 Å². The lowest BCUT2D eigenvalue weighted by Gasteiger charge is -2.28. The summed E-state index contributed by atoms with van der Waals surface area (Å²) in [6.07, 6.45) is 43.8. The molecule has 0 heterocycles. The highest BCUT2D eigenvalue weighted by Crippen LogP contribution is 2.38. The van der Waals surface area contributed by atoms with Gasteiger partial charge < -0.3 is 27.9 Å². The topological polar surface area (TPSA) is 111 Å². The molecule has 0 fully saturated rings. The number of nitrogens with zero attached hydrogens (tertiary/aromatic N) is 1. The number of hydrogen-bond acceptors (Lipinski definition) is 8. The normalized spacial score (nSPS) is 13.6. The Labute approximate surface area is 358 Å². The van der Waals surface area contributed by atoms with E-state index in [0.717, 1.165) is 44.9 Å². The third-order valence-corrected chi connectivity index (χ3v) is 11.7. The van der Waals surface area contributed by atoms with Crippen molar-refractivity contribution in [1.29, 1.82) is 0 Å². The lowest BCUT2D eigenvalue weighted by atomic mass is 10.0. The van der Waals surface area contributed by atoms with E-state index in [2.05, 4.69) is 26.0 Å². The maximum atomic E-state index is 12.7. The molecule has 0 amide bonds. The second-order valence-corrected chi connectivity index (χ2v) is 19.2. The highest BCUT2D eigenvalue weighted by Gasteiger charge is 2.21. The van der Waals surface area contributed by atoms with Gasteiger partial charge in [-0.2, -0.15) is 0 Å². The smallest absolute Gasteiger partial charge is 0.306 e. The van der Waals surface area contributed by atoms with E-state index in [4.69, 9.17) is 18.5 Å². The number of likely N-dealkylation sites (N-methyl/N-ethyl adjacent to an activating group) is 1. The third kappa shape index (κ3) is 44.3. The summed E-state index contributed by atoms with van der Waals surface area (Å²) in [6.45, 7) is 4.25. The zero-order valence-electron chi connectivity index (χ0n) is 38.8. The van der Waals surface area contributed by atoms with E-state index in [9.17, 15) is 19.0 Å². The van der Waals surface area contributed by atoms with Crippen LogP contribution in [0, 0.1) is 0 Å². The van der Waals surface area contributed by atoms with E-state index in [1.54, 1.807) is 0 Å². The van der Waals surface area contributed by atoms with E-state index >= 15 is 0 Å². The largest absolute Gasteiger partial charge is 0.756 e. The van der Waals surface area contributed by atoms with Crippen LogP contribution in [0.15, 0.2) is 12.2 Å². The molecule has 0 aliphatic carbocycles. The molecule has 10 heteroatoms. The lowest BCUT2D eigenvalue weighted by molar-refractivity contribution is -0.870. The van der Waals surface area contributed by atoms with Gasteiger partial charge in [-0.15, -0.1) is 0 Å². The molecule has 0 saturated carbocycles. The average Bonchev–Trinajstić information content (AvgIpc) is 3.17. The van der Waals surface area contributed by atoms with Crippen molar-refractivity contribution in [3.63, 3.8) is 0 Å². The molecule has 0 bridgehead atoms. The predicted octanol–water partition coefficient (Wildman–Crippen LogP) is 13.5. The van der Waals surface area contributed by atoms with Crippen molar-refractivity contribution in [3.8, 4) is 0 Å². The molecule has 2 atom stereocenters. The first-order valence-electron chi connectivity index (χ1n) is 24.4. The maximum Gasteiger partial charge on any atom is 0.306 e. The second kappa shape index (κ2) is 41.1. The van der Waals surface area contributed by atoms with Gasteiger partial charge in [0.1, 0.15) is 19.8 Å². The number of esters is 2. The SMILES string of the molecule is CCCCCC/C=C\CCCCCCCCCC(=O)O[C@H](COC(=O)CCCCCCCCCCCCCCCCCCCCC)COP(=O)([O-])OCC[N+](C)(C)C. The van der Waals surface area contributed by atoms with Crippen molar-refractivity contribution in [2.24, 2.45) is 0 Å². The van der Waals surface area contributed by atoms with Crippen molar-refractivity contribution < 1.29 is 42.1 Å². The number of carbonyl (C=O) groups excluding carboxylic acids is 2. The molecule has 58 heavy (non-hydrogen) atoms. The molecular formula is C48H94NO8P. The van der Waals surface area contributed by atoms with Gasteiger partial charge in [0.05, 0.1) is 27.7 Å². The van der Waals surface area contributed by atoms with Crippen LogP contribution in [0.1, 0.15) is 232 Å². The van der Waals surface area contributed by atoms with Crippen molar-refractivity contribution in [1.82, 2.24) is 0 Å². The molecule has 0 aromatic carbocycles. The number of quaternary nitrogens is 1. The minimum absolute atomic E-state index is 0.0284. The number of unbranched alkanes of at least 4 members (excludes halogenated alkanes) is 29. The first kappa shape index (κ1) is 56.8. The third-order valence-electron chi connectivity index (χ3n) is 10.8. The molecule has 0 aliphatic rings. The average molecular weight is 844 g/mol. The van der Waals surface area contributed by atoms with Crippen LogP contribution in [0.2, 0.25) is 0 Å². The quantitative estimate of drug-likeness (QED) is 0.0196. The minimum atomic E-state index is -4.62. The summed E-state index contributed by atoms with van der Waals surface area (Å²) in [5.74, 6) is -0.826. The molecule has 0 rings (SSSR count). The highest BCUT2D eigenvalue weighted by atomic mass is 31.2. The van der Waals surface area contributed by atoms with Gasteiger partial charge in [-0.1, -0.05) is 193 Å². The van der Waals surface area contributed by atoms with Crippen LogP contribution in [-0.2, 0) is 32.7 Å². The Hall–Kier alpha value is -1.25. The summed E-state index contributed by atoms with van der Waals surface area (Å²) in [7, 11) is 1.17. The minimum Gasteiger partial charge on any atom is -0.756 e. The number of rotatable bonds is 45. The first-order chi connectivity index (χ1) is 28.0. The van der Waals surface area contributed by atoms with Crippen LogP contribution < -0.4 is 4.89 Å². The fraction of sp³-hybridized carbons (Fsp3) is 0.917. The molecule has 0 spiro atoms. The Bertz CT molecular complexity index is 1000. The predicted molar refractivity (Wildman–Crippen MR) is 241 cm³/mol. The zero-order chi connectivity index (χ0) is 42.8. The van der Waals surface area contributed by atoms with Crippen LogP contribution in [-0.4, -0.2) is 70.0 Å². The molecule has 1 unspecified atom stereocenters. The van der Waals surface area contributed by atoms with E-state index in [1.807, 2.05) is 21.1 Å². The van der Waals surface area contributed by atoms with E-state index in [-0.39, 0.29) is 32.0 Å². The summed E-state index contributed by atoms with van der Waals surface area (Å²) >= 11 is 0. The van der Waals surface area contributed by atoms with Gasteiger partial charge in [-0.05, 0) is 38.5 Å². The molecule has 344 valence electrons. The molecule has 0 N–H and O–H groups in total. The molecular weight excluding hydrogens is 750 g/mol. The Balaban J connectivity index is 4.24. The fourth-order valence-electron chi connectivity index (χ4n) is 6.95. The number of phosphoric acid groups is 1. The molecule has 0 aromatic heterocycles. The van der Waals surface area contributed by atoms with Crippen molar-refractivity contribution in [2.75, 3.05) is 47.5 Å². The van der Waals surface area contributed by atoms with Gasteiger partial charge in [0.2, 0.25) is 0 Å². The number of ether oxygens (including phenoxy) is 2. The van der Waals surface area contributed by atoms with Crippen molar-refractivity contribution in [2.45, 2.75) is 238 Å². The number of allylic oxidation sites excluding steroid dienone is 2. The van der Waals surface area contributed by atoms with Gasteiger partial charge in [-0.3, -0.25) is 14.2 Å². The van der Waals surface area contributed by atoms with Gasteiger partial charge in [-0.25, -0.2) is 0 Å². The van der Waals surface area contributed by atoms with Crippen molar-refractivity contribution >= 4 is 19.8 Å². The molecule has 0 radical (unpaired) electrons. The standard InChI is InChI=1S/C48H94NO8P/c1-6-8-10-12-14-16-18-20-22-23-24-25-27-28-30-32-34-36-38-40-47(50)54-44-46(45-56-58(52,53)55-43-42-49(3,4)5)57-48(51)41-39-37-35-33-31-29-26-21-19-17-15-13-11-9-7-2/h17,19,46H,6-16,18,20-45H2,1-5H3/b19-17-/t46-/m1/s1. The monoisotopic (exact) mass is 844 g/mol. The van der Waals surface area contributed by atoms with Crippen LogP contribution in [0.3, 0.4) is 0 Å². The Morgan fingerprint density at radius 2 is 0.879 bits per heavy atom. The first-order valence-corrected chi connectivity index (χ1v) is 25.9. The maximum absolute atomic E-state index is 12.7. The molecule has 0 aromatic rings. The molecule has 0 aliphatic heterocycles. The van der Waals surface area contributed by atoms with Gasteiger partial charge in [0.25, 0.3) is 7.82 Å². The molecule has 9 nitrogen and oxygen atoms in total. The lowest BCUT2D eigenvalue weighted by Crippen LogP contribution is -2.37. The zero-order valence-corrected chi connectivity index (χ0v) is 39.7. The van der Waals surface area contributed by atoms with Crippen LogP contribution in [0.4, 0.5) is 0 Å². The van der Waals surface area contributed by atoms with E-state index < -0.39 is 26.5 Å². The van der Waals surface area contributed by atoms with Crippen LogP contribution in [0.5, 0.6) is 0 Å². The van der Waals surface area contributed by atoms with Crippen LogP contribution in [0.25, 0.3) is 0 Å². The van der Waals surface area contributed by atoms with Gasteiger partial charge in [0, 0.05) is 12.8 Å². The summed E-state index contributed by atoms with van der Waals surface area (Å²) in [6, 6.07) is 0. The summed E-state index contributed by atoms with van der Waals surface area (Å²) < 4.78 is 34.0. The van der Waals surface area contributed by atoms with E-state index in [0.29, 0.717) is 17.4 Å². The fourth-order valence-corrected chi connectivity index (χ4v) is 7.67. The van der Waals surface area contributed by atoms with Gasteiger partial charge in [0.15, 0.2) is 6.10 Å². The Morgan fingerprint density at radius 1 is 0.517 bits per heavy atom. The Kier molecular flexibility index (Phi) is 40.2. The number of carbonyl (C=O) groups is 2. The molecule has 0 saturated heterocycles.